The molecular weight excluding hydrogens is 528 g/mol. The van der Waals surface area contributed by atoms with Gasteiger partial charge in [-0.2, -0.15) is 4.72 Å². The minimum atomic E-state index is -3.89. The number of morpholine rings is 2. The molecule has 0 aromatic carbocycles. The highest BCUT2D eigenvalue weighted by molar-refractivity contribution is 7.92. The fraction of sp³-hybridized carbons (Fsp3) is 0.652. The smallest absolute Gasteiger partial charge is 0.245 e. The lowest BCUT2D eigenvalue weighted by Gasteiger charge is -2.36. The fourth-order valence-electron chi connectivity index (χ4n) is 4.71. The summed E-state index contributed by atoms with van der Waals surface area (Å²) in [7, 11) is -3.89. The van der Waals surface area contributed by atoms with Gasteiger partial charge in [0.25, 0.3) is 0 Å². The molecule has 3 fully saturated rings. The van der Waals surface area contributed by atoms with Crippen molar-refractivity contribution in [3.8, 4) is 0 Å². The number of likely N-dealkylation sites (tertiary alicyclic amines) is 1. The van der Waals surface area contributed by atoms with Crippen molar-refractivity contribution in [2.24, 2.45) is 0 Å². The second-order valence-corrected chi connectivity index (χ2v) is 12.4. The Kier molecular flexibility index (Phi) is 9.42. The van der Waals surface area contributed by atoms with Crippen molar-refractivity contribution < 1.29 is 27.5 Å². The van der Waals surface area contributed by atoms with E-state index in [9.17, 15) is 18.0 Å². The molecule has 0 saturated carbocycles. The van der Waals surface area contributed by atoms with Crippen molar-refractivity contribution in [1.82, 2.24) is 19.4 Å². The van der Waals surface area contributed by atoms with Gasteiger partial charge in [-0.15, -0.1) is 11.3 Å². The zero-order valence-electron chi connectivity index (χ0n) is 20.4. The lowest BCUT2D eigenvalue weighted by Crippen LogP contribution is -2.54. The van der Waals surface area contributed by atoms with Crippen molar-refractivity contribution in [2.45, 2.75) is 31.8 Å². The summed E-state index contributed by atoms with van der Waals surface area (Å²) in [6, 6.07) is 1.92. The molecule has 13 heteroatoms. The lowest BCUT2D eigenvalue weighted by molar-refractivity contribution is -0.147. The summed E-state index contributed by atoms with van der Waals surface area (Å²) in [6.07, 6.45) is 0.791. The number of halogens is 1. The number of sulfonamides is 1. The molecule has 2 amide bonds. The molecule has 0 aliphatic carbocycles. The van der Waals surface area contributed by atoms with Gasteiger partial charge in [0.1, 0.15) is 12.1 Å². The molecule has 36 heavy (non-hydrogen) atoms. The van der Waals surface area contributed by atoms with Crippen LogP contribution >= 0.6 is 22.9 Å². The van der Waals surface area contributed by atoms with E-state index in [1.165, 1.54) is 11.3 Å². The highest BCUT2D eigenvalue weighted by atomic mass is 35.5. The SMILES string of the molecule is C/C(=C/S(=O)(=O)N[C@H]1CCN([C@@H](CCN2CCOCC2)C(=O)N2CCOCC2)C1=O)c1ccc(Cl)s1. The average Bonchev–Trinajstić information content (AvgIpc) is 3.46. The molecule has 4 heterocycles. The Labute approximate surface area is 221 Å². The Hall–Kier alpha value is -1.54. The standard InChI is InChI=1S/C23H33ClN4O6S2/c1-17(20-2-3-21(24)35-20)16-36(31,32)25-18-4-7-28(22(18)29)19(5-6-26-8-12-33-13-9-26)23(30)27-10-14-34-15-11-27/h2-3,16,18-19,25H,4-15H2,1H3/b17-16-/t18-,19-/m0/s1. The molecule has 3 aliphatic rings. The molecule has 0 unspecified atom stereocenters. The number of allylic oxidation sites excluding steroid dienone is 1. The van der Waals surface area contributed by atoms with E-state index >= 15 is 0 Å². The van der Waals surface area contributed by atoms with Crippen LogP contribution in [0, 0.1) is 0 Å². The first kappa shape index (κ1) is 27.5. The van der Waals surface area contributed by atoms with Crippen LogP contribution in [0.2, 0.25) is 4.34 Å². The molecule has 3 saturated heterocycles. The Morgan fingerprint density at radius 1 is 1.17 bits per heavy atom. The number of hydrogen-bond donors (Lipinski definition) is 1. The van der Waals surface area contributed by atoms with Crippen LogP contribution in [-0.2, 0) is 29.1 Å². The zero-order valence-corrected chi connectivity index (χ0v) is 22.7. The van der Waals surface area contributed by atoms with Gasteiger partial charge in [0, 0.05) is 44.1 Å². The van der Waals surface area contributed by atoms with Gasteiger partial charge in [-0.25, -0.2) is 8.42 Å². The van der Waals surface area contributed by atoms with Crippen LogP contribution in [0.4, 0.5) is 0 Å². The lowest BCUT2D eigenvalue weighted by atomic mass is 10.1. The summed E-state index contributed by atoms with van der Waals surface area (Å²) in [5.41, 5.74) is 0.535. The van der Waals surface area contributed by atoms with Crippen LogP contribution < -0.4 is 4.72 Å². The van der Waals surface area contributed by atoms with E-state index in [1.54, 1.807) is 28.9 Å². The number of ether oxygens (including phenoxy) is 2. The maximum Gasteiger partial charge on any atom is 0.245 e. The minimum absolute atomic E-state index is 0.103. The van der Waals surface area contributed by atoms with Crippen molar-refractivity contribution >= 4 is 50.3 Å². The normalized spacial score (nSPS) is 23.3. The average molecular weight is 561 g/mol. The first-order valence-electron chi connectivity index (χ1n) is 12.2. The molecule has 2 atom stereocenters. The molecule has 200 valence electrons. The summed E-state index contributed by atoms with van der Waals surface area (Å²) in [5, 5.41) is 1.12. The number of carbonyl (C=O) groups excluding carboxylic acids is 2. The molecule has 1 aromatic heterocycles. The third-order valence-corrected chi connectivity index (χ3v) is 9.29. The van der Waals surface area contributed by atoms with Crippen molar-refractivity contribution in [2.75, 3.05) is 65.7 Å². The highest BCUT2D eigenvalue weighted by Crippen LogP contribution is 2.28. The van der Waals surface area contributed by atoms with Gasteiger partial charge in [0.05, 0.1) is 36.2 Å². The number of nitrogens with one attached hydrogen (secondary N) is 1. The zero-order chi connectivity index (χ0) is 25.7. The molecule has 0 bridgehead atoms. The Balaban J connectivity index is 1.44. The molecule has 0 spiro atoms. The van der Waals surface area contributed by atoms with Gasteiger partial charge < -0.3 is 19.3 Å². The van der Waals surface area contributed by atoms with Crippen LogP contribution in [0.25, 0.3) is 5.57 Å². The molecule has 1 N–H and O–H groups in total. The third kappa shape index (κ3) is 7.06. The van der Waals surface area contributed by atoms with Crippen LogP contribution in [0.1, 0.15) is 24.6 Å². The van der Waals surface area contributed by atoms with Crippen LogP contribution in [0.5, 0.6) is 0 Å². The number of amides is 2. The molecular formula is C23H33ClN4O6S2. The fourth-order valence-corrected chi connectivity index (χ4v) is 7.07. The van der Waals surface area contributed by atoms with E-state index in [1.807, 2.05) is 0 Å². The molecule has 10 nitrogen and oxygen atoms in total. The summed E-state index contributed by atoms with van der Waals surface area (Å²) < 4.78 is 39.5. The Morgan fingerprint density at radius 3 is 2.47 bits per heavy atom. The predicted molar refractivity (Wildman–Crippen MR) is 138 cm³/mol. The number of carbonyl (C=O) groups is 2. The molecule has 0 radical (unpaired) electrons. The first-order chi connectivity index (χ1) is 17.2. The quantitative estimate of drug-likeness (QED) is 0.484. The monoisotopic (exact) mass is 560 g/mol. The molecule has 1 aromatic rings. The van der Waals surface area contributed by atoms with E-state index in [2.05, 4.69) is 9.62 Å². The Bertz CT molecular complexity index is 1070. The van der Waals surface area contributed by atoms with Gasteiger partial charge in [0.2, 0.25) is 21.8 Å². The van der Waals surface area contributed by atoms with Gasteiger partial charge in [-0.1, -0.05) is 11.6 Å². The second-order valence-electron chi connectivity index (χ2n) is 9.14. The number of hydrogen-bond acceptors (Lipinski definition) is 8. The summed E-state index contributed by atoms with van der Waals surface area (Å²) >= 11 is 7.25. The summed E-state index contributed by atoms with van der Waals surface area (Å²) in [4.78, 5) is 33.1. The third-order valence-electron chi connectivity index (χ3n) is 6.65. The largest absolute Gasteiger partial charge is 0.379 e. The van der Waals surface area contributed by atoms with Crippen molar-refractivity contribution in [3.63, 3.8) is 0 Å². The summed E-state index contributed by atoms with van der Waals surface area (Å²) in [6.45, 7) is 7.47. The van der Waals surface area contributed by atoms with E-state index in [4.69, 9.17) is 21.1 Å². The topological polar surface area (TPSA) is 108 Å². The summed E-state index contributed by atoms with van der Waals surface area (Å²) in [5.74, 6) is -0.467. The predicted octanol–water partition coefficient (Wildman–Crippen LogP) is 1.23. The minimum Gasteiger partial charge on any atom is -0.379 e. The van der Waals surface area contributed by atoms with E-state index in [-0.39, 0.29) is 11.8 Å². The number of thiophene rings is 1. The Morgan fingerprint density at radius 2 is 1.83 bits per heavy atom. The van der Waals surface area contributed by atoms with Crippen molar-refractivity contribution in [3.05, 3.63) is 26.8 Å². The highest BCUT2D eigenvalue weighted by Gasteiger charge is 2.41. The van der Waals surface area contributed by atoms with Crippen LogP contribution in [0.15, 0.2) is 17.5 Å². The maximum atomic E-state index is 13.5. The van der Waals surface area contributed by atoms with Gasteiger partial charge >= 0.3 is 0 Å². The van der Waals surface area contributed by atoms with Crippen LogP contribution in [-0.4, -0.2) is 113 Å². The maximum absolute atomic E-state index is 13.5. The number of rotatable bonds is 9. The van der Waals surface area contributed by atoms with Crippen LogP contribution in [0.3, 0.4) is 0 Å². The van der Waals surface area contributed by atoms with E-state index in [0.29, 0.717) is 75.4 Å². The van der Waals surface area contributed by atoms with E-state index in [0.717, 1.165) is 23.4 Å². The van der Waals surface area contributed by atoms with E-state index < -0.39 is 22.1 Å². The molecule has 4 rings (SSSR count). The van der Waals surface area contributed by atoms with Gasteiger partial charge in [-0.3, -0.25) is 14.5 Å². The molecule has 3 aliphatic heterocycles. The first-order valence-corrected chi connectivity index (χ1v) is 14.9. The number of nitrogens with zero attached hydrogens (tertiary/aromatic N) is 3. The van der Waals surface area contributed by atoms with Gasteiger partial charge in [0.15, 0.2) is 0 Å². The van der Waals surface area contributed by atoms with Crippen molar-refractivity contribution in [1.29, 1.82) is 0 Å². The van der Waals surface area contributed by atoms with Gasteiger partial charge in [-0.05, 0) is 37.5 Å². The second kappa shape index (κ2) is 12.3.